The van der Waals surface area contributed by atoms with Crippen LogP contribution in [-0.4, -0.2) is 31.2 Å². The van der Waals surface area contributed by atoms with Gasteiger partial charge in [-0.3, -0.25) is 0 Å². The normalized spacial score (nSPS) is 38.5. The summed E-state index contributed by atoms with van der Waals surface area (Å²) >= 11 is 0. The van der Waals surface area contributed by atoms with Crippen molar-refractivity contribution in [1.82, 2.24) is 4.90 Å². The molecule has 16 fully saturated rings. The molecule has 0 amide bonds. The molecule has 0 aromatic rings. The predicted molar refractivity (Wildman–Crippen MR) is 492 cm³/mol. The smallest absolute Gasteiger partial charge is 0.306 e. The highest BCUT2D eigenvalue weighted by molar-refractivity contribution is 5.01. The number of hydrogen-bond acceptors (Lipinski definition) is 1. The minimum Gasteiger partial charge on any atom is -0.306 e. The first-order valence-corrected chi connectivity index (χ1v) is 48.9. The largest absolute Gasteiger partial charge is 0.394 e. The van der Waals surface area contributed by atoms with Gasteiger partial charge in [0.2, 0.25) is 0 Å². The molecule has 0 N–H and O–H groups in total. The Labute approximate surface area is 718 Å². The molecule has 4 bridgehead atoms. The molecule has 662 valence electrons. The Morgan fingerprint density at radius 2 is 0.541 bits per heavy atom. The molecule has 0 unspecified atom stereocenters. The van der Waals surface area contributed by atoms with E-state index in [4.69, 9.17) is 19.2 Å². The number of piperidine rings is 1. The molecule has 15 aliphatic carbocycles. The number of rotatable bonds is 5. The Morgan fingerprint density at radius 1 is 0.297 bits per heavy atom. The Balaban J connectivity index is 0.000000351. The van der Waals surface area contributed by atoms with Gasteiger partial charge in [-0.05, 0) is 258 Å². The minimum atomic E-state index is -4.11. The molecule has 0 aromatic heterocycles. The summed E-state index contributed by atoms with van der Waals surface area (Å²) < 4.78 is 144. The van der Waals surface area contributed by atoms with Crippen LogP contribution in [0.15, 0.2) is 0 Å². The first-order chi connectivity index (χ1) is 57.2. The van der Waals surface area contributed by atoms with Gasteiger partial charge < -0.3 is 4.90 Å². The number of nitrogens with zero attached hydrogens (tertiary/aromatic N) is 1. The fourth-order valence-electron chi connectivity index (χ4n) is 20.5. The molecule has 0 aromatic carbocycles. The molecule has 1 aliphatic heterocycles. The highest BCUT2D eigenvalue weighted by atomic mass is 19.4. The molecule has 1 saturated heterocycles. The summed E-state index contributed by atoms with van der Waals surface area (Å²) in [5, 5.41) is 0. The molecule has 0 atom stereocenters. The van der Waals surface area contributed by atoms with Gasteiger partial charge >= 0.3 is 6.18 Å². The molecule has 111 heavy (non-hydrogen) atoms. The Hall–Kier alpha value is -0.250. The van der Waals surface area contributed by atoms with Gasteiger partial charge in [-0.25, -0.2) is 0 Å². The van der Waals surface area contributed by atoms with Crippen LogP contribution in [0.3, 0.4) is 0 Å². The maximum atomic E-state index is 12.5. The van der Waals surface area contributed by atoms with Crippen molar-refractivity contribution in [3.05, 3.63) is 0 Å². The molecular formula is C107H208F3N. The third kappa shape index (κ3) is 49.3. The van der Waals surface area contributed by atoms with E-state index in [1.807, 2.05) is 13.8 Å². The summed E-state index contributed by atoms with van der Waals surface area (Å²) in [4.78, 5) is 2.40. The van der Waals surface area contributed by atoms with Crippen molar-refractivity contribution in [3.8, 4) is 0 Å². The number of likely N-dealkylation sites (tertiary alicyclic amines) is 1. The summed E-state index contributed by atoms with van der Waals surface area (Å²) in [6, 6.07) is 0. The lowest BCUT2D eigenvalue weighted by Crippen LogP contribution is -2.45. The number of halogens is 3. The van der Waals surface area contributed by atoms with E-state index in [1.54, 1.807) is 73.1 Å². The Bertz CT molecular complexity index is 2640. The van der Waals surface area contributed by atoms with Crippen LogP contribution in [0, 0.1) is 128 Å². The zero-order chi connectivity index (χ0) is 95.0. The zero-order valence-corrected chi connectivity index (χ0v) is 79.0. The van der Waals surface area contributed by atoms with Crippen molar-refractivity contribution in [1.29, 1.82) is 0 Å². The van der Waals surface area contributed by atoms with Crippen molar-refractivity contribution in [2.75, 3.05) is 20.1 Å². The predicted octanol–water partition coefficient (Wildman–Crippen LogP) is 37.4. The van der Waals surface area contributed by atoms with Crippen molar-refractivity contribution in [2.45, 2.75) is 537 Å². The minimum absolute atomic E-state index is 0.0556. The average Bonchev–Trinajstić information content (AvgIpc) is 0.860. The fraction of sp³-hybridized carbons (Fsp3) is 1.00. The second-order valence-corrected chi connectivity index (χ2v) is 43.0. The highest BCUT2D eigenvalue weighted by Gasteiger charge is 2.52. The SMILES string of the molecule is CC1CCCCC1.CC1CCN(C)CC1.CCC12CC3CC(CC(C3)C1)C2.[2H]C([2H])(C)C1CCC(C)(C)CC1.[2H]C([2H])(C)C1CCC(C)CC1.[2H]C([2H])(C)C1CCCC1.[2H]C([2H])(C)C1CCCCC1.[2H]C1(C)CCC(C)(C(F)(F)F)CC1.[2H]C1(C)CCC(C)(C)CC1.[2H]C1(C)CCC(C)CC1.[2H]C1(C)CCC(C)CC1.[2H]C1(C)CCCC1.[2H]C1(C)CCCCC1. The van der Waals surface area contributed by atoms with Crippen LogP contribution < -0.4 is 0 Å². The summed E-state index contributed by atoms with van der Waals surface area (Å²) in [6.07, 6.45) is 59.1. The second-order valence-electron chi connectivity index (χ2n) is 43.0. The van der Waals surface area contributed by atoms with Crippen molar-refractivity contribution in [2.24, 2.45) is 128 Å². The zero-order valence-electron chi connectivity index (χ0n) is 93.0. The lowest BCUT2D eigenvalue weighted by Gasteiger charge is -2.56. The van der Waals surface area contributed by atoms with Gasteiger partial charge in [0, 0.05) is 19.2 Å². The lowest BCUT2D eigenvalue weighted by molar-refractivity contribution is -0.229. The molecule has 15 saturated carbocycles. The van der Waals surface area contributed by atoms with Crippen LogP contribution in [0.1, 0.15) is 550 Å². The summed E-state index contributed by atoms with van der Waals surface area (Å²) in [5.74, 6) is 8.27. The van der Waals surface area contributed by atoms with Crippen LogP contribution in [0.5, 0.6) is 0 Å². The average molecular weight is 1580 g/mol. The molecule has 1 heterocycles. The molecule has 4 heteroatoms. The standard InChI is InChI=1S/C12H20.C10H20.C9H15F3.2C9H18.3C8H16.C7H15N.3C7H14.C6H12/c1-2-12-6-9-3-10(7-12)5-11(4-9)8-12;1-4-9-5-7-10(2,3)8-6-9;1-7-3-5-8(2,6-4-7)9(10,11)12;1-8-4-6-9(2,3)7-5-8;1-3-9-6-4-8(2)5-7-9;2*1-7-3-5-8(2)6-4-7;1-2-8-6-4-3-5-7-8;1-7-3-5-8(2)6-4-7;2*1-7-5-3-2-4-6-7;1-2-7-5-3-4-6-7;1-6-4-2-3-5-6/h9-11H,2-8H2,1H3;9H,4-8H2,1-3H3;7H,3-6H2,1-2H3;8H,4-7H2,1-3H3;8-9H,3-7H2,1-2H3;2*7-8H,3-6H2,1-2H3;8H,2-7H2,1H3;7H,3-6H2,1-2H3;3*7H,2-6H2,1H3;6H,2-5H2,1H3/i;4D2;7D;8D;3D2;2*7D;2D2;;7D;;2D2;6D. The van der Waals surface area contributed by atoms with Gasteiger partial charge in [0.15, 0.2) is 0 Å². The van der Waals surface area contributed by atoms with Gasteiger partial charge in [-0.15, -0.1) is 0 Å². The lowest BCUT2D eigenvalue weighted by atomic mass is 9.49. The van der Waals surface area contributed by atoms with E-state index < -0.39 is 43.0 Å². The van der Waals surface area contributed by atoms with Crippen LogP contribution >= 0.6 is 0 Å². The highest BCUT2D eigenvalue weighted by Crippen LogP contribution is 2.61. The maximum Gasteiger partial charge on any atom is 0.394 e. The molecular weight excluding hydrogens is 1360 g/mol. The fourth-order valence-corrected chi connectivity index (χ4v) is 20.5. The van der Waals surface area contributed by atoms with Crippen LogP contribution in [0.2, 0.25) is 0 Å². The van der Waals surface area contributed by atoms with E-state index >= 15 is 0 Å². The van der Waals surface area contributed by atoms with Crippen LogP contribution in [0.25, 0.3) is 0 Å². The van der Waals surface area contributed by atoms with Gasteiger partial charge in [0.25, 0.3) is 0 Å². The third-order valence-electron chi connectivity index (χ3n) is 30.5. The first kappa shape index (κ1) is 83.0. The van der Waals surface area contributed by atoms with Gasteiger partial charge in [0.05, 0.1) is 5.41 Å². The second kappa shape index (κ2) is 58.7. The molecule has 1 nitrogen and oxygen atoms in total. The molecule has 16 aliphatic rings. The summed E-state index contributed by atoms with van der Waals surface area (Å²) in [5.41, 5.74) is 0.268. The van der Waals surface area contributed by atoms with Crippen LogP contribution in [0.4, 0.5) is 13.2 Å². The number of alkyl halides is 3. The molecule has 0 radical (unpaired) electrons. The van der Waals surface area contributed by atoms with E-state index in [-0.39, 0.29) is 42.3 Å². The van der Waals surface area contributed by atoms with Gasteiger partial charge in [-0.2, -0.15) is 13.2 Å². The summed E-state index contributed by atoms with van der Waals surface area (Å²) in [7, 11) is 2.20. The summed E-state index contributed by atoms with van der Waals surface area (Å²) in [6.45, 7) is 45.8. The van der Waals surface area contributed by atoms with E-state index in [1.165, 1.54) is 200 Å². The van der Waals surface area contributed by atoms with Crippen molar-refractivity contribution in [3.63, 3.8) is 0 Å². The topological polar surface area (TPSA) is 3.24 Å². The van der Waals surface area contributed by atoms with E-state index in [0.29, 0.717) is 47.3 Å². The Morgan fingerprint density at radius 3 is 0.802 bits per heavy atom. The van der Waals surface area contributed by atoms with Crippen molar-refractivity contribution >= 4 is 0 Å². The number of hydrogen-bond donors (Lipinski definition) is 0. The monoisotopic (exact) mass is 1580 g/mol. The molecule has 0 spiro atoms. The maximum absolute atomic E-state index is 12.5. The van der Waals surface area contributed by atoms with Crippen LogP contribution in [-0.2, 0) is 0 Å². The van der Waals surface area contributed by atoms with Crippen molar-refractivity contribution < 1.29 is 32.4 Å². The van der Waals surface area contributed by atoms with E-state index in [2.05, 4.69) is 102 Å². The first-order valence-electron chi connectivity index (χ1n) is 55.9. The van der Waals surface area contributed by atoms with E-state index in [0.717, 1.165) is 168 Å². The third-order valence-corrected chi connectivity index (χ3v) is 30.5. The molecule has 16 rings (SSSR count). The van der Waals surface area contributed by atoms with Gasteiger partial charge in [-0.1, -0.05) is 415 Å². The van der Waals surface area contributed by atoms with Gasteiger partial charge in [0.1, 0.15) is 0 Å². The quantitative estimate of drug-likeness (QED) is 0.265. The van der Waals surface area contributed by atoms with E-state index in [9.17, 15) is 13.2 Å². The Kier molecular flexibility index (Phi) is 43.9.